The molecule has 4 rings (SSSR count). The van der Waals surface area contributed by atoms with E-state index < -0.39 is 0 Å². The molecule has 0 atom stereocenters. The Hall–Kier alpha value is -2.25. The molecule has 1 aromatic carbocycles. The van der Waals surface area contributed by atoms with E-state index in [0.717, 1.165) is 44.7 Å². The third-order valence-corrected chi connectivity index (χ3v) is 4.97. The Balaban J connectivity index is 1.38. The summed E-state index contributed by atoms with van der Waals surface area (Å²) in [6.07, 6.45) is 2.21. The van der Waals surface area contributed by atoms with Crippen LogP contribution in [-0.2, 0) is 9.47 Å². The number of carbonyl (C=O) groups excluding carboxylic acids is 1. The number of methoxy groups -OCH3 is 1. The zero-order chi connectivity index (χ0) is 17.2. The first kappa shape index (κ1) is 16.2. The van der Waals surface area contributed by atoms with Gasteiger partial charge in [-0.3, -0.25) is 4.90 Å². The van der Waals surface area contributed by atoms with E-state index in [0.29, 0.717) is 29.2 Å². The standard InChI is InChI=1S/C18H21N3O4/c1-23-18(22)13-4-2-12(3-5-13)16-19-17(25-20-16)14-10-21(11-14)15-6-8-24-9-7-15/h2-5,14-15H,6-11H2,1H3. The largest absolute Gasteiger partial charge is 0.465 e. The second-order valence-corrected chi connectivity index (χ2v) is 6.52. The van der Waals surface area contributed by atoms with E-state index in [1.165, 1.54) is 7.11 Å². The average molecular weight is 343 g/mol. The van der Waals surface area contributed by atoms with Gasteiger partial charge in [-0.05, 0) is 25.0 Å². The highest BCUT2D eigenvalue weighted by Gasteiger charge is 2.37. The van der Waals surface area contributed by atoms with Crippen molar-refractivity contribution in [2.45, 2.75) is 24.8 Å². The molecular formula is C18H21N3O4. The fourth-order valence-corrected chi connectivity index (χ4v) is 3.41. The Kier molecular flexibility index (Phi) is 4.50. The molecule has 3 heterocycles. The summed E-state index contributed by atoms with van der Waals surface area (Å²) in [5.74, 6) is 1.19. The van der Waals surface area contributed by atoms with Crippen LogP contribution < -0.4 is 0 Å². The lowest BCUT2D eigenvalue weighted by atomic mass is 9.94. The van der Waals surface area contributed by atoms with E-state index in [1.807, 2.05) is 0 Å². The first-order valence-corrected chi connectivity index (χ1v) is 8.59. The maximum atomic E-state index is 11.5. The summed E-state index contributed by atoms with van der Waals surface area (Å²) >= 11 is 0. The van der Waals surface area contributed by atoms with Crippen LogP contribution in [0, 0.1) is 0 Å². The van der Waals surface area contributed by atoms with E-state index in [-0.39, 0.29) is 5.97 Å². The molecule has 132 valence electrons. The lowest BCUT2D eigenvalue weighted by Gasteiger charge is -2.44. The minimum absolute atomic E-state index is 0.304. The molecule has 0 unspecified atom stereocenters. The Morgan fingerprint density at radius 1 is 1.20 bits per heavy atom. The Labute approximate surface area is 145 Å². The fraction of sp³-hybridized carbons (Fsp3) is 0.500. The van der Waals surface area contributed by atoms with Crippen molar-refractivity contribution in [3.8, 4) is 11.4 Å². The fourth-order valence-electron chi connectivity index (χ4n) is 3.41. The first-order valence-electron chi connectivity index (χ1n) is 8.59. The molecule has 0 bridgehead atoms. The second-order valence-electron chi connectivity index (χ2n) is 6.52. The number of nitrogens with zero attached hydrogens (tertiary/aromatic N) is 3. The number of esters is 1. The molecule has 1 aromatic heterocycles. The van der Waals surface area contributed by atoms with Gasteiger partial charge in [0.15, 0.2) is 0 Å². The third kappa shape index (κ3) is 3.29. The third-order valence-electron chi connectivity index (χ3n) is 4.97. The quantitative estimate of drug-likeness (QED) is 0.787. The van der Waals surface area contributed by atoms with Gasteiger partial charge in [0.2, 0.25) is 11.7 Å². The predicted octanol–water partition coefficient (Wildman–Crippen LogP) is 2.10. The Morgan fingerprint density at radius 3 is 2.60 bits per heavy atom. The Morgan fingerprint density at radius 2 is 1.92 bits per heavy atom. The van der Waals surface area contributed by atoms with Crippen LogP contribution in [0.5, 0.6) is 0 Å². The number of carbonyl (C=O) groups is 1. The minimum atomic E-state index is -0.358. The lowest BCUT2D eigenvalue weighted by Crippen LogP contribution is -2.52. The molecule has 0 amide bonds. The number of ether oxygens (including phenoxy) is 2. The molecule has 0 saturated carbocycles. The van der Waals surface area contributed by atoms with Gasteiger partial charge in [0, 0.05) is 37.9 Å². The maximum absolute atomic E-state index is 11.5. The van der Waals surface area contributed by atoms with Gasteiger partial charge in [-0.2, -0.15) is 4.98 Å². The van der Waals surface area contributed by atoms with E-state index in [1.54, 1.807) is 24.3 Å². The van der Waals surface area contributed by atoms with Crippen molar-refractivity contribution in [1.29, 1.82) is 0 Å². The van der Waals surface area contributed by atoms with Gasteiger partial charge in [0.25, 0.3) is 0 Å². The molecule has 0 radical (unpaired) electrons. The molecule has 25 heavy (non-hydrogen) atoms. The van der Waals surface area contributed by atoms with Gasteiger partial charge in [-0.1, -0.05) is 17.3 Å². The van der Waals surface area contributed by atoms with Gasteiger partial charge >= 0.3 is 5.97 Å². The normalized spacial score (nSPS) is 19.6. The number of benzene rings is 1. The van der Waals surface area contributed by atoms with Gasteiger partial charge in [0.05, 0.1) is 18.6 Å². The summed E-state index contributed by atoms with van der Waals surface area (Å²) in [6.45, 7) is 3.65. The van der Waals surface area contributed by atoms with Crippen molar-refractivity contribution in [3.05, 3.63) is 35.7 Å². The number of hydrogen-bond acceptors (Lipinski definition) is 7. The zero-order valence-electron chi connectivity index (χ0n) is 14.2. The highest BCUT2D eigenvalue weighted by molar-refractivity contribution is 5.89. The van der Waals surface area contributed by atoms with Crippen molar-refractivity contribution in [1.82, 2.24) is 15.0 Å². The number of aromatic nitrogens is 2. The molecule has 2 saturated heterocycles. The minimum Gasteiger partial charge on any atom is -0.465 e. The monoisotopic (exact) mass is 343 g/mol. The summed E-state index contributed by atoms with van der Waals surface area (Å²) < 4.78 is 15.6. The molecule has 0 spiro atoms. The number of hydrogen-bond donors (Lipinski definition) is 0. The SMILES string of the molecule is COC(=O)c1ccc(-c2noc(C3CN(C4CCOCC4)C3)n2)cc1. The van der Waals surface area contributed by atoms with Gasteiger partial charge in [0.1, 0.15) is 0 Å². The van der Waals surface area contributed by atoms with E-state index in [4.69, 9.17) is 14.0 Å². The van der Waals surface area contributed by atoms with Crippen LogP contribution in [0.15, 0.2) is 28.8 Å². The molecule has 2 aromatic rings. The summed E-state index contributed by atoms with van der Waals surface area (Å²) in [6, 6.07) is 7.63. The highest BCUT2D eigenvalue weighted by atomic mass is 16.5. The summed E-state index contributed by atoms with van der Waals surface area (Å²) in [5.41, 5.74) is 1.32. The molecule has 7 heteroatoms. The molecule has 2 fully saturated rings. The summed E-state index contributed by atoms with van der Waals surface area (Å²) in [5, 5.41) is 4.08. The topological polar surface area (TPSA) is 77.7 Å². The number of rotatable bonds is 4. The van der Waals surface area contributed by atoms with E-state index in [9.17, 15) is 4.79 Å². The molecule has 2 aliphatic heterocycles. The van der Waals surface area contributed by atoms with E-state index >= 15 is 0 Å². The van der Waals surface area contributed by atoms with Gasteiger partial charge in [-0.25, -0.2) is 4.79 Å². The second kappa shape index (κ2) is 6.93. The highest BCUT2D eigenvalue weighted by Crippen LogP contribution is 2.31. The Bertz CT molecular complexity index is 731. The van der Waals surface area contributed by atoms with Gasteiger partial charge in [-0.15, -0.1) is 0 Å². The van der Waals surface area contributed by atoms with Crippen LogP contribution in [-0.4, -0.2) is 60.5 Å². The van der Waals surface area contributed by atoms with Crippen molar-refractivity contribution >= 4 is 5.97 Å². The smallest absolute Gasteiger partial charge is 0.337 e. The molecule has 7 nitrogen and oxygen atoms in total. The van der Waals surface area contributed by atoms with Crippen LogP contribution in [0.4, 0.5) is 0 Å². The average Bonchev–Trinajstić information content (AvgIpc) is 3.10. The molecule has 0 aliphatic carbocycles. The van der Waals surface area contributed by atoms with Gasteiger partial charge < -0.3 is 14.0 Å². The van der Waals surface area contributed by atoms with Crippen molar-refractivity contribution in [2.75, 3.05) is 33.4 Å². The zero-order valence-corrected chi connectivity index (χ0v) is 14.2. The van der Waals surface area contributed by atoms with Crippen LogP contribution in [0.25, 0.3) is 11.4 Å². The van der Waals surface area contributed by atoms with Crippen molar-refractivity contribution < 1.29 is 18.8 Å². The van der Waals surface area contributed by atoms with Crippen LogP contribution in [0.2, 0.25) is 0 Å². The van der Waals surface area contributed by atoms with Crippen LogP contribution in [0.1, 0.15) is 35.0 Å². The van der Waals surface area contributed by atoms with Crippen LogP contribution in [0.3, 0.4) is 0 Å². The lowest BCUT2D eigenvalue weighted by molar-refractivity contribution is -0.00325. The summed E-state index contributed by atoms with van der Waals surface area (Å²) in [7, 11) is 1.37. The molecule has 0 N–H and O–H groups in total. The van der Waals surface area contributed by atoms with Crippen LogP contribution >= 0.6 is 0 Å². The summed E-state index contributed by atoms with van der Waals surface area (Å²) in [4.78, 5) is 18.5. The molecule has 2 aliphatic rings. The maximum Gasteiger partial charge on any atom is 0.337 e. The first-order chi connectivity index (χ1) is 12.2. The van der Waals surface area contributed by atoms with Crippen molar-refractivity contribution in [2.24, 2.45) is 0 Å². The molecular weight excluding hydrogens is 322 g/mol. The number of likely N-dealkylation sites (tertiary alicyclic amines) is 1. The predicted molar refractivity (Wildman–Crippen MR) is 89.2 cm³/mol. The van der Waals surface area contributed by atoms with E-state index in [2.05, 4.69) is 15.0 Å². The van der Waals surface area contributed by atoms with Crippen molar-refractivity contribution in [3.63, 3.8) is 0 Å².